The summed E-state index contributed by atoms with van der Waals surface area (Å²) in [7, 11) is 0. The quantitative estimate of drug-likeness (QED) is 0.857. The number of hydrogen-bond acceptors (Lipinski definition) is 2. The van der Waals surface area contributed by atoms with Crippen molar-refractivity contribution in [2.75, 3.05) is 6.54 Å². The molecular weight excluding hydrogens is 334 g/mol. The second kappa shape index (κ2) is 6.39. The van der Waals surface area contributed by atoms with Gasteiger partial charge in [-0.1, -0.05) is 11.6 Å². The van der Waals surface area contributed by atoms with Crippen LogP contribution in [-0.2, 0) is 4.79 Å². The van der Waals surface area contributed by atoms with Gasteiger partial charge < -0.3 is 10.4 Å². The Hall–Kier alpha value is -1.07. The Morgan fingerprint density at radius 3 is 2.63 bits per heavy atom. The number of hydrogen-bond donors (Lipinski definition) is 2. The molecule has 0 heterocycles. The zero-order valence-electron chi connectivity index (χ0n) is 10.7. The van der Waals surface area contributed by atoms with Crippen molar-refractivity contribution in [2.45, 2.75) is 20.3 Å². The molecule has 0 aliphatic rings. The second-order valence-corrected chi connectivity index (χ2v) is 6.11. The average molecular weight is 349 g/mol. The predicted molar refractivity (Wildman–Crippen MR) is 77.5 cm³/mol. The van der Waals surface area contributed by atoms with Crippen LogP contribution in [0.5, 0.6) is 0 Å². The first-order valence-electron chi connectivity index (χ1n) is 5.70. The highest BCUT2D eigenvalue weighted by Crippen LogP contribution is 2.22. The largest absolute Gasteiger partial charge is 0.481 e. The lowest BCUT2D eigenvalue weighted by Gasteiger charge is -2.19. The number of carboxylic acid groups (broad SMARTS) is 1. The molecule has 1 rings (SSSR count). The number of benzene rings is 1. The van der Waals surface area contributed by atoms with Gasteiger partial charge in [-0.25, -0.2) is 0 Å². The summed E-state index contributed by atoms with van der Waals surface area (Å²) in [5, 5.41) is 12.1. The molecule has 0 bridgehead atoms. The summed E-state index contributed by atoms with van der Waals surface area (Å²) in [5.74, 6) is -1.17. The van der Waals surface area contributed by atoms with Crippen LogP contribution in [-0.4, -0.2) is 23.5 Å². The lowest BCUT2D eigenvalue weighted by molar-refractivity contribution is -0.147. The molecule has 1 aromatic rings. The maximum atomic E-state index is 11.9. The topological polar surface area (TPSA) is 66.4 Å². The lowest BCUT2D eigenvalue weighted by atomic mass is 9.90. The molecule has 0 aromatic heterocycles. The van der Waals surface area contributed by atoms with Crippen LogP contribution >= 0.6 is 27.5 Å². The molecule has 2 N–H and O–H groups in total. The number of aliphatic carboxylic acids is 1. The van der Waals surface area contributed by atoms with Crippen molar-refractivity contribution in [3.8, 4) is 0 Å². The minimum absolute atomic E-state index is 0.282. The summed E-state index contributed by atoms with van der Waals surface area (Å²) in [6.07, 6.45) is 0.353. The van der Waals surface area contributed by atoms with E-state index in [1.54, 1.807) is 32.0 Å². The monoisotopic (exact) mass is 347 g/mol. The van der Waals surface area contributed by atoms with Crippen LogP contribution in [0.15, 0.2) is 22.7 Å². The fourth-order valence-corrected chi connectivity index (χ4v) is 1.96. The first-order chi connectivity index (χ1) is 8.74. The maximum Gasteiger partial charge on any atom is 0.309 e. The second-order valence-electron chi connectivity index (χ2n) is 4.82. The summed E-state index contributed by atoms with van der Waals surface area (Å²) >= 11 is 9.10. The minimum atomic E-state index is -0.884. The fourth-order valence-electron chi connectivity index (χ4n) is 1.36. The number of halogens is 2. The van der Waals surface area contributed by atoms with Crippen molar-refractivity contribution >= 4 is 39.4 Å². The zero-order chi connectivity index (χ0) is 14.6. The van der Waals surface area contributed by atoms with E-state index in [1.165, 1.54) is 0 Å². The number of carboxylic acids is 1. The highest BCUT2D eigenvalue weighted by molar-refractivity contribution is 9.10. The van der Waals surface area contributed by atoms with Crippen LogP contribution in [0.3, 0.4) is 0 Å². The third-order valence-electron chi connectivity index (χ3n) is 2.79. The molecule has 0 radical (unpaired) electrons. The molecule has 1 aromatic carbocycles. The van der Waals surface area contributed by atoms with E-state index in [0.29, 0.717) is 21.5 Å². The van der Waals surface area contributed by atoms with Gasteiger partial charge in [-0.2, -0.15) is 0 Å². The summed E-state index contributed by atoms with van der Waals surface area (Å²) in [6.45, 7) is 3.53. The molecule has 0 spiro atoms. The molecule has 1 amide bonds. The van der Waals surface area contributed by atoms with E-state index in [2.05, 4.69) is 21.2 Å². The van der Waals surface area contributed by atoms with Crippen LogP contribution in [0.25, 0.3) is 0 Å². The van der Waals surface area contributed by atoms with E-state index < -0.39 is 11.4 Å². The smallest absolute Gasteiger partial charge is 0.309 e. The molecule has 0 saturated heterocycles. The van der Waals surface area contributed by atoms with E-state index in [9.17, 15) is 9.59 Å². The van der Waals surface area contributed by atoms with Crippen molar-refractivity contribution in [3.63, 3.8) is 0 Å². The fraction of sp³-hybridized carbons (Fsp3) is 0.385. The van der Waals surface area contributed by atoms with Gasteiger partial charge in [0.15, 0.2) is 0 Å². The SMILES string of the molecule is CC(C)(CCNC(=O)c1cc(Cl)ccc1Br)C(=O)O. The molecule has 0 fully saturated rings. The molecule has 19 heavy (non-hydrogen) atoms. The third-order valence-corrected chi connectivity index (χ3v) is 3.71. The molecule has 0 aliphatic carbocycles. The first kappa shape index (κ1) is 16.0. The number of nitrogens with one attached hydrogen (secondary N) is 1. The molecular formula is C13H15BrClNO3. The van der Waals surface area contributed by atoms with E-state index in [0.717, 1.165) is 0 Å². The molecule has 4 nitrogen and oxygen atoms in total. The van der Waals surface area contributed by atoms with E-state index in [-0.39, 0.29) is 12.5 Å². The Balaban J connectivity index is 2.62. The van der Waals surface area contributed by atoms with E-state index in [4.69, 9.17) is 16.7 Å². The van der Waals surface area contributed by atoms with Gasteiger partial charge in [0.2, 0.25) is 0 Å². The predicted octanol–water partition coefficient (Wildman–Crippen LogP) is 3.33. The summed E-state index contributed by atoms with van der Waals surface area (Å²) in [4.78, 5) is 22.9. The van der Waals surface area contributed by atoms with Gasteiger partial charge in [0.25, 0.3) is 5.91 Å². The Labute approximate surface area is 125 Å². The average Bonchev–Trinajstić information content (AvgIpc) is 2.31. The van der Waals surface area contributed by atoms with Crippen LogP contribution in [0.1, 0.15) is 30.6 Å². The van der Waals surface area contributed by atoms with Gasteiger partial charge in [-0.15, -0.1) is 0 Å². The van der Waals surface area contributed by atoms with Gasteiger partial charge in [-0.3, -0.25) is 9.59 Å². The molecule has 0 saturated carbocycles. The molecule has 0 atom stereocenters. The van der Waals surface area contributed by atoms with Crippen molar-refractivity contribution < 1.29 is 14.7 Å². The molecule has 104 valence electrons. The van der Waals surface area contributed by atoms with Gasteiger partial charge in [0.05, 0.1) is 11.0 Å². The summed E-state index contributed by atoms with van der Waals surface area (Å²) < 4.78 is 0.645. The third kappa shape index (κ3) is 4.51. The number of carbonyl (C=O) groups is 2. The Morgan fingerprint density at radius 1 is 1.42 bits per heavy atom. The Kier molecular flexibility index (Phi) is 5.38. The Bertz CT molecular complexity index is 503. The van der Waals surface area contributed by atoms with E-state index >= 15 is 0 Å². The van der Waals surface area contributed by atoms with Crippen molar-refractivity contribution in [3.05, 3.63) is 33.3 Å². The highest BCUT2D eigenvalue weighted by atomic mass is 79.9. The Morgan fingerprint density at radius 2 is 2.05 bits per heavy atom. The molecule has 0 unspecified atom stereocenters. The van der Waals surface area contributed by atoms with Crippen LogP contribution in [0, 0.1) is 5.41 Å². The van der Waals surface area contributed by atoms with Crippen LogP contribution < -0.4 is 5.32 Å². The highest BCUT2D eigenvalue weighted by Gasteiger charge is 2.26. The standard InChI is InChI=1S/C13H15BrClNO3/c1-13(2,12(18)19)5-6-16-11(17)9-7-8(15)3-4-10(9)14/h3-4,7H,5-6H2,1-2H3,(H,16,17)(H,18,19). The number of rotatable bonds is 5. The first-order valence-corrected chi connectivity index (χ1v) is 6.88. The van der Waals surface area contributed by atoms with Gasteiger partial charge in [-0.05, 0) is 54.4 Å². The van der Waals surface area contributed by atoms with Crippen LogP contribution in [0.4, 0.5) is 0 Å². The zero-order valence-corrected chi connectivity index (χ0v) is 13.0. The van der Waals surface area contributed by atoms with Crippen molar-refractivity contribution in [2.24, 2.45) is 5.41 Å². The van der Waals surface area contributed by atoms with Crippen molar-refractivity contribution in [1.82, 2.24) is 5.32 Å². The maximum absolute atomic E-state index is 11.9. The van der Waals surface area contributed by atoms with E-state index in [1.807, 2.05) is 0 Å². The number of amides is 1. The molecule has 6 heteroatoms. The number of carbonyl (C=O) groups excluding carboxylic acids is 1. The van der Waals surface area contributed by atoms with Crippen molar-refractivity contribution in [1.29, 1.82) is 0 Å². The van der Waals surface area contributed by atoms with Gasteiger partial charge >= 0.3 is 5.97 Å². The lowest BCUT2D eigenvalue weighted by Crippen LogP contribution is -2.32. The summed E-state index contributed by atoms with van der Waals surface area (Å²) in [6, 6.07) is 4.93. The normalized spacial score (nSPS) is 11.2. The minimum Gasteiger partial charge on any atom is -0.481 e. The van der Waals surface area contributed by atoms with Crippen LogP contribution in [0.2, 0.25) is 5.02 Å². The van der Waals surface area contributed by atoms with Gasteiger partial charge in [0.1, 0.15) is 0 Å². The van der Waals surface area contributed by atoms with Gasteiger partial charge in [0, 0.05) is 16.0 Å². The molecule has 0 aliphatic heterocycles. The summed E-state index contributed by atoms with van der Waals surface area (Å²) in [5.41, 5.74) is -0.431.